The minimum atomic E-state index is -0.516. The molecule has 21 heavy (non-hydrogen) atoms. The Morgan fingerprint density at radius 3 is 2.24 bits per heavy atom. The fourth-order valence-corrected chi connectivity index (χ4v) is 2.44. The minimum Gasteiger partial charge on any atom is -0.394 e. The van der Waals surface area contributed by atoms with Gasteiger partial charge in [0.05, 0.1) is 19.3 Å². The van der Waals surface area contributed by atoms with Crippen LogP contribution in [0.2, 0.25) is 0 Å². The molecule has 0 rings (SSSR count). The van der Waals surface area contributed by atoms with Gasteiger partial charge in [0.2, 0.25) is 0 Å². The zero-order chi connectivity index (χ0) is 16.1. The lowest BCUT2D eigenvalue weighted by molar-refractivity contribution is 0.0130. The standard InChI is InChI=1S/C17H37NO3/c1-5-9-10-15(6-2)12-21-13-16(20)11-18-17(7-3,8-4)14-19/h15-16,18-20H,5-14H2,1-4H3. The van der Waals surface area contributed by atoms with Gasteiger partial charge in [0, 0.05) is 18.7 Å². The second-order valence-corrected chi connectivity index (χ2v) is 6.13. The van der Waals surface area contributed by atoms with Crippen LogP contribution in [-0.2, 0) is 4.74 Å². The molecule has 0 aromatic carbocycles. The highest BCUT2D eigenvalue weighted by Gasteiger charge is 2.25. The van der Waals surface area contributed by atoms with Crippen LogP contribution >= 0.6 is 0 Å². The largest absolute Gasteiger partial charge is 0.394 e. The SMILES string of the molecule is CCCCC(CC)COCC(O)CNC(CC)(CC)CO. The average Bonchev–Trinajstić information content (AvgIpc) is 2.52. The zero-order valence-electron chi connectivity index (χ0n) is 14.5. The number of unbranched alkanes of at least 4 members (excludes halogenated alkanes) is 1. The Balaban J connectivity index is 3.91. The summed E-state index contributed by atoms with van der Waals surface area (Å²) in [5.74, 6) is 0.605. The summed E-state index contributed by atoms with van der Waals surface area (Å²) < 4.78 is 5.66. The van der Waals surface area contributed by atoms with Crippen molar-refractivity contribution in [2.45, 2.75) is 77.9 Å². The number of aliphatic hydroxyl groups excluding tert-OH is 2. The summed E-state index contributed by atoms with van der Waals surface area (Å²) in [6, 6.07) is 0. The molecule has 0 saturated carbocycles. The van der Waals surface area contributed by atoms with Crippen LogP contribution in [0.25, 0.3) is 0 Å². The number of β-amino-alcohol motifs (C(OH)–C–C–N with tert-alkyl or cyclic N) is 1. The molecule has 0 spiro atoms. The lowest BCUT2D eigenvalue weighted by atomic mass is 9.94. The van der Waals surface area contributed by atoms with E-state index in [0.717, 1.165) is 25.9 Å². The van der Waals surface area contributed by atoms with E-state index < -0.39 is 6.10 Å². The fraction of sp³-hybridized carbons (Fsp3) is 1.00. The number of rotatable bonds is 14. The Labute approximate surface area is 131 Å². The third-order valence-electron chi connectivity index (χ3n) is 4.58. The summed E-state index contributed by atoms with van der Waals surface area (Å²) in [6.45, 7) is 10.2. The Kier molecular flexibility index (Phi) is 12.3. The van der Waals surface area contributed by atoms with E-state index in [0.29, 0.717) is 19.1 Å². The van der Waals surface area contributed by atoms with Crippen molar-refractivity contribution in [3.05, 3.63) is 0 Å². The molecule has 2 unspecified atom stereocenters. The highest BCUT2D eigenvalue weighted by molar-refractivity contribution is 4.85. The highest BCUT2D eigenvalue weighted by Crippen LogP contribution is 2.14. The Bertz CT molecular complexity index is 224. The summed E-state index contributed by atoms with van der Waals surface area (Å²) in [5.41, 5.74) is -0.270. The van der Waals surface area contributed by atoms with Gasteiger partial charge in [-0.15, -0.1) is 0 Å². The van der Waals surface area contributed by atoms with Gasteiger partial charge in [-0.3, -0.25) is 0 Å². The van der Waals surface area contributed by atoms with Crippen molar-refractivity contribution in [1.29, 1.82) is 0 Å². The number of hydrogen-bond donors (Lipinski definition) is 3. The maximum Gasteiger partial charge on any atom is 0.0897 e. The molecule has 0 aliphatic heterocycles. The Morgan fingerprint density at radius 2 is 1.76 bits per heavy atom. The lowest BCUT2D eigenvalue weighted by Gasteiger charge is -2.32. The van der Waals surface area contributed by atoms with E-state index in [-0.39, 0.29) is 12.1 Å². The normalized spacial score (nSPS) is 15.1. The first-order valence-electron chi connectivity index (χ1n) is 8.69. The first-order chi connectivity index (χ1) is 10.1. The first kappa shape index (κ1) is 20.8. The van der Waals surface area contributed by atoms with Gasteiger partial charge in [-0.1, -0.05) is 47.0 Å². The summed E-state index contributed by atoms with van der Waals surface area (Å²) in [4.78, 5) is 0. The molecule has 0 heterocycles. The molecule has 3 N–H and O–H groups in total. The second-order valence-electron chi connectivity index (χ2n) is 6.13. The number of nitrogens with one attached hydrogen (secondary N) is 1. The number of hydrogen-bond acceptors (Lipinski definition) is 4. The number of aliphatic hydroxyl groups is 2. The summed E-state index contributed by atoms with van der Waals surface area (Å²) in [7, 11) is 0. The maximum atomic E-state index is 9.99. The van der Waals surface area contributed by atoms with Gasteiger partial charge in [0.25, 0.3) is 0 Å². The third kappa shape index (κ3) is 8.77. The van der Waals surface area contributed by atoms with Crippen LogP contribution in [0.1, 0.15) is 66.2 Å². The Hall–Kier alpha value is -0.160. The average molecular weight is 303 g/mol. The van der Waals surface area contributed by atoms with Crippen LogP contribution in [0, 0.1) is 5.92 Å². The molecule has 0 aliphatic carbocycles. The van der Waals surface area contributed by atoms with E-state index in [1.54, 1.807) is 0 Å². The third-order valence-corrected chi connectivity index (χ3v) is 4.58. The second kappa shape index (κ2) is 12.4. The minimum absolute atomic E-state index is 0.0997. The van der Waals surface area contributed by atoms with E-state index in [4.69, 9.17) is 4.74 Å². The number of ether oxygens (including phenoxy) is 1. The first-order valence-corrected chi connectivity index (χ1v) is 8.69. The van der Waals surface area contributed by atoms with Crippen molar-refractivity contribution < 1.29 is 14.9 Å². The molecule has 4 nitrogen and oxygen atoms in total. The van der Waals surface area contributed by atoms with Crippen LogP contribution in [-0.4, -0.2) is 48.2 Å². The molecule has 0 radical (unpaired) electrons. The van der Waals surface area contributed by atoms with E-state index in [2.05, 4.69) is 33.0 Å². The lowest BCUT2D eigenvalue weighted by Crippen LogP contribution is -2.50. The van der Waals surface area contributed by atoms with Gasteiger partial charge < -0.3 is 20.3 Å². The Morgan fingerprint density at radius 1 is 1.10 bits per heavy atom. The van der Waals surface area contributed by atoms with Gasteiger partial charge in [-0.05, 0) is 25.2 Å². The monoisotopic (exact) mass is 303 g/mol. The molecular weight excluding hydrogens is 266 g/mol. The van der Waals surface area contributed by atoms with Gasteiger partial charge >= 0.3 is 0 Å². The van der Waals surface area contributed by atoms with Crippen LogP contribution in [0.3, 0.4) is 0 Å². The van der Waals surface area contributed by atoms with Crippen molar-refractivity contribution in [2.24, 2.45) is 5.92 Å². The summed E-state index contributed by atoms with van der Waals surface area (Å²) in [5, 5.41) is 22.8. The molecule has 0 bridgehead atoms. The molecule has 4 heteroatoms. The zero-order valence-corrected chi connectivity index (χ0v) is 14.5. The van der Waals surface area contributed by atoms with E-state index in [9.17, 15) is 10.2 Å². The molecule has 0 aromatic rings. The molecule has 0 amide bonds. The van der Waals surface area contributed by atoms with Gasteiger partial charge in [-0.25, -0.2) is 0 Å². The quantitative estimate of drug-likeness (QED) is 0.462. The molecule has 0 aromatic heterocycles. The molecule has 0 aliphatic rings. The van der Waals surface area contributed by atoms with Gasteiger partial charge in [0.15, 0.2) is 0 Å². The topological polar surface area (TPSA) is 61.7 Å². The van der Waals surface area contributed by atoms with Crippen LogP contribution in [0.15, 0.2) is 0 Å². The van der Waals surface area contributed by atoms with E-state index in [1.807, 2.05) is 0 Å². The molecule has 0 fully saturated rings. The predicted molar refractivity (Wildman–Crippen MR) is 88.5 cm³/mol. The smallest absolute Gasteiger partial charge is 0.0897 e. The van der Waals surface area contributed by atoms with E-state index in [1.165, 1.54) is 19.3 Å². The van der Waals surface area contributed by atoms with E-state index >= 15 is 0 Å². The maximum absolute atomic E-state index is 9.99. The van der Waals surface area contributed by atoms with Crippen LogP contribution in [0.4, 0.5) is 0 Å². The van der Waals surface area contributed by atoms with Crippen molar-refractivity contribution >= 4 is 0 Å². The molecule has 0 saturated heterocycles. The van der Waals surface area contributed by atoms with Crippen molar-refractivity contribution in [3.8, 4) is 0 Å². The predicted octanol–water partition coefficient (Wildman–Crippen LogP) is 2.72. The molecular formula is C17H37NO3. The van der Waals surface area contributed by atoms with Crippen molar-refractivity contribution in [3.63, 3.8) is 0 Å². The summed E-state index contributed by atoms with van der Waals surface area (Å²) in [6.07, 6.45) is 6.00. The van der Waals surface area contributed by atoms with Crippen molar-refractivity contribution in [1.82, 2.24) is 5.32 Å². The van der Waals surface area contributed by atoms with Gasteiger partial charge in [-0.2, -0.15) is 0 Å². The van der Waals surface area contributed by atoms with Gasteiger partial charge in [0.1, 0.15) is 0 Å². The van der Waals surface area contributed by atoms with Crippen molar-refractivity contribution in [2.75, 3.05) is 26.4 Å². The molecule has 2 atom stereocenters. The molecule has 128 valence electrons. The summed E-state index contributed by atoms with van der Waals surface area (Å²) >= 11 is 0. The highest BCUT2D eigenvalue weighted by atomic mass is 16.5. The van der Waals surface area contributed by atoms with Crippen LogP contribution < -0.4 is 5.32 Å². The van der Waals surface area contributed by atoms with Crippen LogP contribution in [0.5, 0.6) is 0 Å². The fourth-order valence-electron chi connectivity index (χ4n) is 2.44.